The first-order valence-corrected chi connectivity index (χ1v) is 6.67. The molecule has 1 unspecified atom stereocenters. The van der Waals surface area contributed by atoms with Crippen LogP contribution >= 0.6 is 11.5 Å². The molecule has 1 heterocycles. The van der Waals surface area contributed by atoms with Crippen LogP contribution in [0.3, 0.4) is 0 Å². The van der Waals surface area contributed by atoms with E-state index in [1.165, 1.54) is 11.5 Å². The molecule has 18 heavy (non-hydrogen) atoms. The van der Waals surface area contributed by atoms with Crippen molar-refractivity contribution in [3.63, 3.8) is 0 Å². The van der Waals surface area contributed by atoms with Crippen LogP contribution in [0.25, 0.3) is 0 Å². The fourth-order valence-corrected chi connectivity index (χ4v) is 2.35. The number of aliphatic carboxylic acids is 1. The summed E-state index contributed by atoms with van der Waals surface area (Å²) >= 11 is 1.22. The Labute approximate surface area is 110 Å². The van der Waals surface area contributed by atoms with E-state index in [1.54, 1.807) is 12.3 Å². The summed E-state index contributed by atoms with van der Waals surface area (Å²) in [4.78, 5) is 22.8. The second-order valence-corrected chi connectivity index (χ2v) is 5.32. The first kappa shape index (κ1) is 14.6. The average molecular weight is 270 g/mol. The highest BCUT2D eigenvalue weighted by Crippen LogP contribution is 2.12. The smallest absolute Gasteiger partial charge is 0.308 e. The number of nitrogens with zero attached hydrogens (tertiary/aromatic N) is 1. The Balaban J connectivity index is 2.55. The Bertz CT molecular complexity index is 429. The Morgan fingerprint density at radius 2 is 2.17 bits per heavy atom. The topological polar surface area (TPSA) is 79.3 Å². The minimum atomic E-state index is -0.871. The SMILES string of the molecule is Cc1nscc1C(=O)NCC(CC(C)C)C(=O)O. The van der Waals surface area contributed by atoms with Crippen LogP contribution < -0.4 is 5.32 Å². The molecule has 0 aliphatic heterocycles. The maximum absolute atomic E-state index is 11.8. The van der Waals surface area contributed by atoms with Crippen LogP contribution in [0, 0.1) is 18.8 Å². The summed E-state index contributed by atoms with van der Waals surface area (Å²) in [6, 6.07) is 0. The minimum Gasteiger partial charge on any atom is -0.481 e. The Hall–Kier alpha value is -1.43. The van der Waals surface area contributed by atoms with Crippen LogP contribution in [0.15, 0.2) is 5.38 Å². The number of amides is 1. The van der Waals surface area contributed by atoms with E-state index in [0.717, 1.165) is 0 Å². The number of rotatable bonds is 6. The normalized spacial score (nSPS) is 12.4. The quantitative estimate of drug-likeness (QED) is 0.827. The number of carboxylic acid groups (broad SMARTS) is 1. The summed E-state index contributed by atoms with van der Waals surface area (Å²) in [7, 11) is 0. The molecule has 1 aromatic heterocycles. The summed E-state index contributed by atoms with van der Waals surface area (Å²) < 4.78 is 4.01. The number of hydrogen-bond acceptors (Lipinski definition) is 4. The van der Waals surface area contributed by atoms with Gasteiger partial charge in [0.15, 0.2) is 0 Å². The van der Waals surface area contributed by atoms with Crippen molar-refractivity contribution in [2.45, 2.75) is 27.2 Å². The van der Waals surface area contributed by atoms with Crippen molar-refractivity contribution in [3.05, 3.63) is 16.6 Å². The van der Waals surface area contributed by atoms with Crippen LogP contribution in [0.4, 0.5) is 0 Å². The first-order valence-electron chi connectivity index (χ1n) is 5.83. The molecule has 1 amide bonds. The van der Waals surface area contributed by atoms with E-state index in [2.05, 4.69) is 9.69 Å². The molecule has 1 atom stereocenters. The van der Waals surface area contributed by atoms with Crippen LogP contribution in [0.2, 0.25) is 0 Å². The number of carboxylic acids is 1. The molecule has 0 saturated carbocycles. The maximum atomic E-state index is 11.8. The second-order valence-electron chi connectivity index (χ2n) is 4.69. The molecule has 5 nitrogen and oxygen atoms in total. The molecule has 0 aliphatic carbocycles. The van der Waals surface area contributed by atoms with Crippen molar-refractivity contribution < 1.29 is 14.7 Å². The summed E-state index contributed by atoms with van der Waals surface area (Å²) in [5.74, 6) is -1.38. The van der Waals surface area contributed by atoms with Gasteiger partial charge < -0.3 is 10.4 Å². The van der Waals surface area contributed by atoms with Crippen molar-refractivity contribution in [1.82, 2.24) is 9.69 Å². The van der Waals surface area contributed by atoms with E-state index in [1.807, 2.05) is 13.8 Å². The monoisotopic (exact) mass is 270 g/mol. The van der Waals surface area contributed by atoms with Crippen molar-refractivity contribution in [2.24, 2.45) is 11.8 Å². The fourth-order valence-electron chi connectivity index (χ4n) is 1.66. The third-order valence-electron chi connectivity index (χ3n) is 2.61. The van der Waals surface area contributed by atoms with Crippen LogP contribution in [-0.2, 0) is 4.79 Å². The average Bonchev–Trinajstić information content (AvgIpc) is 2.69. The molecule has 0 aliphatic rings. The van der Waals surface area contributed by atoms with Crippen LogP contribution in [0.1, 0.15) is 36.3 Å². The molecule has 0 bridgehead atoms. The number of carbonyl (C=O) groups is 2. The van der Waals surface area contributed by atoms with Gasteiger partial charge in [-0.25, -0.2) is 0 Å². The van der Waals surface area contributed by atoms with Gasteiger partial charge in [0.2, 0.25) is 0 Å². The highest BCUT2D eigenvalue weighted by molar-refractivity contribution is 7.03. The summed E-state index contributed by atoms with van der Waals surface area (Å²) in [5.41, 5.74) is 1.20. The molecule has 0 spiro atoms. The lowest BCUT2D eigenvalue weighted by Crippen LogP contribution is -2.33. The second kappa shape index (κ2) is 6.49. The van der Waals surface area contributed by atoms with Gasteiger partial charge in [0.1, 0.15) is 0 Å². The standard InChI is InChI=1S/C12H18N2O3S/c1-7(2)4-9(12(16)17)5-13-11(15)10-6-18-14-8(10)3/h6-7,9H,4-5H2,1-3H3,(H,13,15)(H,16,17). The molecule has 0 fully saturated rings. The summed E-state index contributed by atoms with van der Waals surface area (Å²) in [5, 5.41) is 13.4. The molecular weight excluding hydrogens is 252 g/mol. The van der Waals surface area contributed by atoms with E-state index >= 15 is 0 Å². The molecule has 2 N–H and O–H groups in total. The van der Waals surface area contributed by atoms with Gasteiger partial charge in [-0.15, -0.1) is 0 Å². The van der Waals surface area contributed by atoms with Gasteiger partial charge in [0.05, 0.1) is 17.2 Å². The minimum absolute atomic E-state index is 0.154. The number of aromatic nitrogens is 1. The number of carbonyl (C=O) groups excluding carboxylic acids is 1. The van der Waals surface area contributed by atoms with Gasteiger partial charge in [0.25, 0.3) is 5.91 Å². The van der Waals surface area contributed by atoms with Gasteiger partial charge in [-0.3, -0.25) is 9.59 Å². The van der Waals surface area contributed by atoms with Crippen molar-refractivity contribution in [2.75, 3.05) is 6.54 Å². The largest absolute Gasteiger partial charge is 0.481 e. The van der Waals surface area contributed by atoms with Gasteiger partial charge in [0, 0.05) is 11.9 Å². The predicted molar refractivity (Wildman–Crippen MR) is 69.8 cm³/mol. The van der Waals surface area contributed by atoms with Crippen molar-refractivity contribution in [1.29, 1.82) is 0 Å². The fraction of sp³-hybridized carbons (Fsp3) is 0.583. The zero-order valence-electron chi connectivity index (χ0n) is 10.8. The van der Waals surface area contributed by atoms with Crippen LogP contribution in [0.5, 0.6) is 0 Å². The highest BCUT2D eigenvalue weighted by Gasteiger charge is 2.20. The van der Waals surface area contributed by atoms with E-state index in [-0.39, 0.29) is 18.4 Å². The van der Waals surface area contributed by atoms with Crippen LogP contribution in [-0.4, -0.2) is 27.9 Å². The van der Waals surface area contributed by atoms with Gasteiger partial charge in [-0.1, -0.05) is 13.8 Å². The zero-order valence-corrected chi connectivity index (χ0v) is 11.6. The summed E-state index contributed by atoms with van der Waals surface area (Å²) in [6.07, 6.45) is 0.552. The molecular formula is C12H18N2O3S. The molecule has 0 radical (unpaired) electrons. The maximum Gasteiger partial charge on any atom is 0.308 e. The van der Waals surface area contributed by atoms with Gasteiger partial charge in [-0.05, 0) is 30.8 Å². The Morgan fingerprint density at radius 1 is 1.50 bits per heavy atom. The lowest BCUT2D eigenvalue weighted by molar-refractivity contribution is -0.142. The molecule has 6 heteroatoms. The molecule has 0 aromatic carbocycles. The Kier molecular flexibility index (Phi) is 5.27. The van der Waals surface area contributed by atoms with E-state index in [0.29, 0.717) is 17.7 Å². The molecule has 100 valence electrons. The molecule has 1 rings (SSSR count). The first-order chi connectivity index (χ1) is 8.41. The van der Waals surface area contributed by atoms with Crippen molar-refractivity contribution in [3.8, 4) is 0 Å². The Morgan fingerprint density at radius 3 is 2.61 bits per heavy atom. The van der Waals surface area contributed by atoms with Gasteiger partial charge in [-0.2, -0.15) is 4.37 Å². The third kappa shape index (κ3) is 4.10. The van der Waals surface area contributed by atoms with Gasteiger partial charge >= 0.3 is 5.97 Å². The molecule has 1 aromatic rings. The number of hydrogen-bond donors (Lipinski definition) is 2. The predicted octanol–water partition coefficient (Wildman–Crippen LogP) is 1.93. The lowest BCUT2D eigenvalue weighted by Gasteiger charge is -2.15. The number of nitrogens with one attached hydrogen (secondary N) is 1. The lowest BCUT2D eigenvalue weighted by atomic mass is 9.97. The summed E-state index contributed by atoms with van der Waals surface area (Å²) in [6.45, 7) is 5.84. The third-order valence-corrected chi connectivity index (χ3v) is 3.33. The van der Waals surface area contributed by atoms with Crippen molar-refractivity contribution >= 4 is 23.4 Å². The van der Waals surface area contributed by atoms with E-state index < -0.39 is 11.9 Å². The molecule has 0 saturated heterocycles. The van der Waals surface area contributed by atoms with E-state index in [9.17, 15) is 9.59 Å². The highest BCUT2D eigenvalue weighted by atomic mass is 32.1. The zero-order chi connectivity index (χ0) is 13.7. The number of aryl methyl sites for hydroxylation is 1. The van der Waals surface area contributed by atoms with E-state index in [4.69, 9.17) is 5.11 Å².